The van der Waals surface area contributed by atoms with Gasteiger partial charge in [0, 0.05) is 25.7 Å². The molecule has 0 aromatic carbocycles. The Morgan fingerprint density at radius 2 is 0.444 bits per heavy atom. The van der Waals surface area contributed by atoms with Crippen LogP contribution in [0.15, 0.2) is 0 Å². The minimum Gasteiger partial charge on any atom is -0.462 e. The van der Waals surface area contributed by atoms with Crippen molar-refractivity contribution in [1.29, 1.82) is 0 Å². The van der Waals surface area contributed by atoms with Gasteiger partial charge in [0.05, 0.1) is 26.4 Å². The van der Waals surface area contributed by atoms with E-state index in [1.807, 2.05) is 0 Å². The Hall–Kier alpha value is -1.94. The molecule has 0 aromatic heterocycles. The highest BCUT2D eigenvalue weighted by Crippen LogP contribution is 2.45. The summed E-state index contributed by atoms with van der Waals surface area (Å²) >= 11 is 0. The lowest BCUT2D eigenvalue weighted by molar-refractivity contribution is -0.161. The van der Waals surface area contributed by atoms with E-state index in [0.29, 0.717) is 25.7 Å². The number of unbranched alkanes of at least 4 members (excludes halogenated alkanes) is 56. The first-order chi connectivity index (χ1) is 52.4. The van der Waals surface area contributed by atoms with Crippen LogP contribution in [-0.4, -0.2) is 96.7 Å². The van der Waals surface area contributed by atoms with E-state index in [1.54, 1.807) is 0 Å². The standard InChI is InChI=1S/C89H174O17P2/c1-7-11-13-15-17-19-21-23-25-29-34-38-42-46-53-59-65-71-86(91)99-77-84(105-88(93)73-68-62-56-48-44-40-36-32-28-27-31-33-37-41-45-51-57-63-69-81(5)9-3)79-103-107(95,96)101-75-83(90)76-102-108(97,98)104-80-85(78-100-87(92)72-66-60-54-50-49-52-58-64-70-82(6)10-4)106-89(94)74-67-61-55-47-43-39-35-30-26-24-22-20-18-16-14-12-8-2/h81-85,90H,7-80H2,1-6H3,(H,95,96)(H,97,98)/t81?,82?,83-,84-,85-/m1/s1. The number of aliphatic hydroxyl groups is 1. The molecule has 17 nitrogen and oxygen atoms in total. The summed E-state index contributed by atoms with van der Waals surface area (Å²) in [6.45, 7) is 9.77. The van der Waals surface area contributed by atoms with Gasteiger partial charge in [0.15, 0.2) is 12.2 Å². The van der Waals surface area contributed by atoms with E-state index in [9.17, 15) is 43.2 Å². The van der Waals surface area contributed by atoms with Gasteiger partial charge in [-0.2, -0.15) is 0 Å². The number of esters is 4. The monoisotopic (exact) mass is 1580 g/mol. The van der Waals surface area contributed by atoms with Gasteiger partial charge in [0.2, 0.25) is 0 Å². The zero-order valence-electron chi connectivity index (χ0n) is 71.2. The van der Waals surface area contributed by atoms with Crippen LogP contribution in [0.3, 0.4) is 0 Å². The van der Waals surface area contributed by atoms with E-state index >= 15 is 0 Å². The molecular formula is C89H174O17P2. The summed E-state index contributed by atoms with van der Waals surface area (Å²) in [5.41, 5.74) is 0. The molecule has 0 heterocycles. The van der Waals surface area contributed by atoms with Gasteiger partial charge in [0.25, 0.3) is 0 Å². The lowest BCUT2D eigenvalue weighted by Gasteiger charge is -2.21. The zero-order chi connectivity index (χ0) is 79.2. The number of aliphatic hydroxyl groups excluding tert-OH is 1. The minimum atomic E-state index is -4.97. The average Bonchev–Trinajstić information content (AvgIpc) is 0.898. The van der Waals surface area contributed by atoms with Crippen molar-refractivity contribution in [2.24, 2.45) is 11.8 Å². The van der Waals surface area contributed by atoms with E-state index in [-0.39, 0.29) is 25.7 Å². The van der Waals surface area contributed by atoms with Crippen molar-refractivity contribution >= 4 is 39.5 Å². The Morgan fingerprint density at radius 3 is 0.657 bits per heavy atom. The molecule has 0 saturated carbocycles. The summed E-state index contributed by atoms with van der Waals surface area (Å²) in [5, 5.41) is 10.7. The van der Waals surface area contributed by atoms with Crippen molar-refractivity contribution < 1.29 is 80.2 Å². The molecule has 0 bridgehead atoms. The molecule has 0 radical (unpaired) electrons. The van der Waals surface area contributed by atoms with Crippen LogP contribution < -0.4 is 0 Å². The number of carbonyl (C=O) groups is 4. The highest BCUT2D eigenvalue weighted by atomic mass is 31.2. The Morgan fingerprint density at radius 1 is 0.259 bits per heavy atom. The SMILES string of the molecule is CCCCCCCCCCCCCCCCCCCC(=O)OC[C@H](COP(=O)(O)OC[C@@H](O)COP(=O)(O)OC[C@@H](COC(=O)CCCCCCCCCCC(C)CC)OC(=O)CCCCCCCCCCCCCCCCCCC)OC(=O)CCCCCCCCCCCCCCCCCCCCC(C)CC. The molecule has 4 unspecified atom stereocenters. The number of hydrogen-bond acceptors (Lipinski definition) is 15. The van der Waals surface area contributed by atoms with Gasteiger partial charge in [-0.1, -0.05) is 427 Å². The Balaban J connectivity index is 5.25. The van der Waals surface area contributed by atoms with E-state index in [4.69, 9.17) is 37.0 Å². The number of rotatable bonds is 88. The van der Waals surface area contributed by atoms with Crippen molar-refractivity contribution in [1.82, 2.24) is 0 Å². The fourth-order valence-electron chi connectivity index (χ4n) is 13.9. The quantitative estimate of drug-likeness (QED) is 0.0222. The molecule has 0 aliphatic heterocycles. The molecule has 19 heteroatoms. The first kappa shape index (κ1) is 106. The summed E-state index contributed by atoms with van der Waals surface area (Å²) < 4.78 is 69.0. The Bertz CT molecular complexity index is 2070. The largest absolute Gasteiger partial charge is 0.472 e. The second-order valence-corrected chi connectivity index (χ2v) is 35.4. The summed E-state index contributed by atoms with van der Waals surface area (Å²) in [4.78, 5) is 73.4. The van der Waals surface area contributed by atoms with E-state index < -0.39 is 97.5 Å². The van der Waals surface area contributed by atoms with Gasteiger partial charge in [-0.25, -0.2) is 9.13 Å². The molecule has 0 spiro atoms. The average molecular weight is 1580 g/mol. The first-order valence-corrected chi connectivity index (χ1v) is 49.1. The van der Waals surface area contributed by atoms with E-state index in [2.05, 4.69) is 41.5 Å². The van der Waals surface area contributed by atoms with Gasteiger partial charge in [0.1, 0.15) is 19.3 Å². The molecule has 0 aliphatic carbocycles. The molecule has 0 fully saturated rings. The molecule has 642 valence electrons. The predicted molar refractivity (Wildman–Crippen MR) is 446 cm³/mol. The van der Waals surface area contributed by atoms with Gasteiger partial charge < -0.3 is 33.8 Å². The van der Waals surface area contributed by atoms with E-state index in [1.165, 1.54) is 295 Å². The number of hydrogen-bond donors (Lipinski definition) is 3. The van der Waals surface area contributed by atoms with Crippen LogP contribution in [-0.2, 0) is 65.4 Å². The van der Waals surface area contributed by atoms with E-state index in [0.717, 1.165) is 102 Å². The van der Waals surface area contributed by atoms with Gasteiger partial charge in [-0.05, 0) is 37.5 Å². The van der Waals surface area contributed by atoms with Crippen LogP contribution >= 0.6 is 15.6 Å². The normalized spacial score (nSPS) is 14.3. The summed E-state index contributed by atoms with van der Waals surface area (Å²) in [6.07, 6.45) is 73.5. The van der Waals surface area contributed by atoms with Crippen LogP contribution in [0, 0.1) is 11.8 Å². The maximum absolute atomic E-state index is 13.2. The van der Waals surface area contributed by atoms with Crippen LogP contribution in [0.5, 0.6) is 0 Å². The Labute approximate surface area is 664 Å². The van der Waals surface area contributed by atoms with Crippen LogP contribution in [0.25, 0.3) is 0 Å². The third-order valence-corrected chi connectivity index (χ3v) is 23.6. The maximum atomic E-state index is 13.2. The number of phosphoric ester groups is 2. The molecule has 0 amide bonds. The highest BCUT2D eigenvalue weighted by molar-refractivity contribution is 7.47. The summed E-state index contributed by atoms with van der Waals surface area (Å²) in [7, 11) is -9.93. The van der Waals surface area contributed by atoms with Crippen molar-refractivity contribution in [3.05, 3.63) is 0 Å². The molecule has 0 aliphatic rings. The second-order valence-electron chi connectivity index (χ2n) is 32.5. The summed E-state index contributed by atoms with van der Waals surface area (Å²) in [6, 6.07) is 0. The number of carbonyl (C=O) groups excluding carboxylic acids is 4. The zero-order valence-corrected chi connectivity index (χ0v) is 73.0. The molecule has 7 atom stereocenters. The lowest BCUT2D eigenvalue weighted by atomic mass is 9.99. The third-order valence-electron chi connectivity index (χ3n) is 21.7. The fraction of sp³-hybridized carbons (Fsp3) is 0.955. The first-order valence-electron chi connectivity index (χ1n) is 46.1. The Kier molecular flexibility index (Phi) is 78.8. The smallest absolute Gasteiger partial charge is 0.462 e. The second kappa shape index (κ2) is 80.3. The van der Waals surface area contributed by atoms with Gasteiger partial charge in [-0.3, -0.25) is 37.3 Å². The van der Waals surface area contributed by atoms with Gasteiger partial charge >= 0.3 is 39.5 Å². The predicted octanol–water partition coefficient (Wildman–Crippen LogP) is 27.4. The van der Waals surface area contributed by atoms with Crippen molar-refractivity contribution in [3.63, 3.8) is 0 Å². The van der Waals surface area contributed by atoms with Crippen molar-refractivity contribution in [2.45, 2.75) is 496 Å². The highest BCUT2D eigenvalue weighted by Gasteiger charge is 2.31. The van der Waals surface area contributed by atoms with Crippen molar-refractivity contribution in [3.8, 4) is 0 Å². The number of ether oxygens (including phenoxy) is 4. The molecular weight excluding hydrogens is 1400 g/mol. The molecule has 0 aromatic rings. The topological polar surface area (TPSA) is 237 Å². The molecule has 0 saturated heterocycles. The maximum Gasteiger partial charge on any atom is 0.472 e. The molecule has 0 rings (SSSR count). The number of phosphoric acid groups is 2. The van der Waals surface area contributed by atoms with Crippen molar-refractivity contribution in [2.75, 3.05) is 39.6 Å². The minimum absolute atomic E-state index is 0.108. The molecule has 108 heavy (non-hydrogen) atoms. The summed E-state index contributed by atoms with van der Waals surface area (Å²) in [5.74, 6) is -0.449. The fourth-order valence-corrected chi connectivity index (χ4v) is 15.5. The molecule has 3 N–H and O–H groups in total. The van der Waals surface area contributed by atoms with Crippen LogP contribution in [0.4, 0.5) is 0 Å². The third kappa shape index (κ3) is 79.3. The van der Waals surface area contributed by atoms with Gasteiger partial charge in [-0.15, -0.1) is 0 Å². The lowest BCUT2D eigenvalue weighted by Crippen LogP contribution is -2.30. The van der Waals surface area contributed by atoms with Crippen LogP contribution in [0.2, 0.25) is 0 Å². The van der Waals surface area contributed by atoms with Crippen LogP contribution in [0.1, 0.15) is 478 Å².